The lowest BCUT2D eigenvalue weighted by atomic mass is 10.0. The summed E-state index contributed by atoms with van der Waals surface area (Å²) in [4.78, 5) is 14.7. The molecule has 1 aromatic heterocycles. The van der Waals surface area contributed by atoms with Crippen LogP contribution in [0.1, 0.15) is 34.5 Å². The van der Waals surface area contributed by atoms with E-state index in [4.69, 9.17) is 4.74 Å². The highest BCUT2D eigenvalue weighted by atomic mass is 35.5. The number of methoxy groups -OCH3 is 1. The van der Waals surface area contributed by atoms with Gasteiger partial charge in [0.25, 0.3) is 0 Å². The van der Waals surface area contributed by atoms with E-state index in [0.717, 1.165) is 53.8 Å². The average Bonchev–Trinajstić information content (AvgIpc) is 3.17. The zero-order chi connectivity index (χ0) is 23.7. The molecule has 0 fully saturated rings. The van der Waals surface area contributed by atoms with Gasteiger partial charge in [-0.25, -0.2) is 8.78 Å². The molecule has 0 aliphatic carbocycles. The Morgan fingerprint density at radius 1 is 0.971 bits per heavy atom. The molecule has 7 heteroatoms. The SMILES string of the molecule is COc1ccc(-n2c3c(c4cc(F)ccc42)CN(CCCC(=O)c2ccc(F)cc2)CC3)cc1.Cl. The molecule has 0 unspecified atom stereocenters. The summed E-state index contributed by atoms with van der Waals surface area (Å²) in [5.41, 5.74) is 4.90. The maximum atomic E-state index is 14.2. The summed E-state index contributed by atoms with van der Waals surface area (Å²) in [5.74, 6) is 0.229. The quantitative estimate of drug-likeness (QED) is 0.279. The van der Waals surface area contributed by atoms with Gasteiger partial charge in [-0.15, -0.1) is 12.4 Å². The van der Waals surface area contributed by atoms with Crippen molar-refractivity contribution in [2.75, 3.05) is 20.2 Å². The number of ketones is 1. The smallest absolute Gasteiger partial charge is 0.162 e. The largest absolute Gasteiger partial charge is 0.497 e. The molecule has 5 rings (SSSR count). The Morgan fingerprint density at radius 2 is 1.69 bits per heavy atom. The highest BCUT2D eigenvalue weighted by molar-refractivity contribution is 5.96. The molecule has 1 aliphatic rings. The van der Waals surface area contributed by atoms with Crippen LogP contribution in [0.5, 0.6) is 5.75 Å². The summed E-state index contributed by atoms with van der Waals surface area (Å²) in [6.45, 7) is 2.35. The van der Waals surface area contributed by atoms with Crippen molar-refractivity contribution in [3.8, 4) is 11.4 Å². The van der Waals surface area contributed by atoms with Crippen molar-refractivity contribution in [1.82, 2.24) is 9.47 Å². The first kappa shape index (κ1) is 24.9. The topological polar surface area (TPSA) is 34.5 Å². The first-order chi connectivity index (χ1) is 16.5. The minimum Gasteiger partial charge on any atom is -0.497 e. The Hall–Kier alpha value is -3.22. The zero-order valence-corrected chi connectivity index (χ0v) is 20.3. The molecule has 1 aliphatic heterocycles. The van der Waals surface area contributed by atoms with Gasteiger partial charge in [-0.05, 0) is 85.3 Å². The Labute approximate surface area is 209 Å². The number of carbonyl (C=O) groups is 1. The van der Waals surface area contributed by atoms with Gasteiger partial charge in [0.05, 0.1) is 12.6 Å². The van der Waals surface area contributed by atoms with E-state index in [1.807, 2.05) is 30.3 Å². The number of carbonyl (C=O) groups excluding carboxylic acids is 1. The molecule has 0 radical (unpaired) electrons. The maximum Gasteiger partial charge on any atom is 0.162 e. The third-order valence-electron chi connectivity index (χ3n) is 6.56. The summed E-state index contributed by atoms with van der Waals surface area (Å²) < 4.78 is 34.8. The highest BCUT2D eigenvalue weighted by Crippen LogP contribution is 2.34. The Bertz CT molecular complexity index is 1330. The molecule has 182 valence electrons. The Balaban J connectivity index is 0.00000289. The maximum absolute atomic E-state index is 14.2. The lowest BCUT2D eigenvalue weighted by molar-refractivity contribution is 0.0973. The van der Waals surface area contributed by atoms with Crippen molar-refractivity contribution in [1.29, 1.82) is 0 Å². The molecule has 4 aromatic rings. The van der Waals surface area contributed by atoms with Crippen LogP contribution in [0.25, 0.3) is 16.6 Å². The summed E-state index contributed by atoms with van der Waals surface area (Å²) in [6, 6.07) is 18.6. The van der Waals surface area contributed by atoms with Crippen LogP contribution < -0.4 is 4.74 Å². The Kier molecular flexibility index (Phi) is 7.53. The van der Waals surface area contributed by atoms with E-state index in [1.165, 1.54) is 36.0 Å². The number of benzene rings is 3. The van der Waals surface area contributed by atoms with Crippen molar-refractivity contribution in [3.05, 3.63) is 95.2 Å². The molecular formula is C28H27ClF2N2O2. The molecule has 0 amide bonds. The minimum atomic E-state index is -0.342. The molecular weight excluding hydrogens is 470 g/mol. The molecule has 3 aromatic carbocycles. The minimum absolute atomic E-state index is 0. The van der Waals surface area contributed by atoms with Gasteiger partial charge in [-0.1, -0.05) is 0 Å². The van der Waals surface area contributed by atoms with Crippen molar-refractivity contribution in [2.24, 2.45) is 0 Å². The van der Waals surface area contributed by atoms with Gasteiger partial charge in [0, 0.05) is 48.3 Å². The Morgan fingerprint density at radius 3 is 2.40 bits per heavy atom. The summed E-state index contributed by atoms with van der Waals surface area (Å²) in [7, 11) is 1.65. The first-order valence-electron chi connectivity index (χ1n) is 11.5. The van der Waals surface area contributed by atoms with E-state index in [2.05, 4.69) is 9.47 Å². The fourth-order valence-electron chi connectivity index (χ4n) is 4.85. The average molecular weight is 497 g/mol. The van der Waals surface area contributed by atoms with Gasteiger partial charge in [0.2, 0.25) is 0 Å². The van der Waals surface area contributed by atoms with Gasteiger partial charge in [-0.3, -0.25) is 9.69 Å². The number of fused-ring (bicyclic) bond motifs is 3. The number of rotatable bonds is 7. The fraction of sp³-hybridized carbons (Fsp3) is 0.250. The molecule has 0 spiro atoms. The fourth-order valence-corrected chi connectivity index (χ4v) is 4.85. The highest BCUT2D eigenvalue weighted by Gasteiger charge is 2.25. The van der Waals surface area contributed by atoms with Crippen LogP contribution >= 0.6 is 12.4 Å². The van der Waals surface area contributed by atoms with Crippen LogP contribution in [0.15, 0.2) is 66.7 Å². The van der Waals surface area contributed by atoms with Crippen LogP contribution in [-0.4, -0.2) is 35.4 Å². The first-order valence-corrected chi connectivity index (χ1v) is 11.5. The summed E-state index contributed by atoms with van der Waals surface area (Å²) in [6.07, 6.45) is 1.97. The van der Waals surface area contributed by atoms with Gasteiger partial charge < -0.3 is 9.30 Å². The molecule has 35 heavy (non-hydrogen) atoms. The third-order valence-corrected chi connectivity index (χ3v) is 6.56. The van der Waals surface area contributed by atoms with Gasteiger partial charge in [0.15, 0.2) is 5.78 Å². The third kappa shape index (κ3) is 5.09. The van der Waals surface area contributed by atoms with E-state index in [0.29, 0.717) is 18.5 Å². The van der Waals surface area contributed by atoms with Crippen LogP contribution in [-0.2, 0) is 13.0 Å². The number of ether oxygens (including phenoxy) is 1. The van der Waals surface area contributed by atoms with E-state index in [9.17, 15) is 13.6 Å². The molecule has 4 nitrogen and oxygen atoms in total. The van der Waals surface area contributed by atoms with E-state index >= 15 is 0 Å². The van der Waals surface area contributed by atoms with E-state index in [-0.39, 0.29) is 29.8 Å². The van der Waals surface area contributed by atoms with Crippen LogP contribution in [0.3, 0.4) is 0 Å². The van der Waals surface area contributed by atoms with E-state index in [1.54, 1.807) is 13.2 Å². The second kappa shape index (κ2) is 10.6. The van der Waals surface area contributed by atoms with Crippen molar-refractivity contribution >= 4 is 29.1 Å². The molecule has 0 saturated carbocycles. The zero-order valence-electron chi connectivity index (χ0n) is 19.5. The predicted octanol–water partition coefficient (Wildman–Crippen LogP) is 6.36. The normalized spacial score (nSPS) is 13.3. The number of nitrogens with zero attached hydrogens (tertiary/aromatic N) is 2. The number of Topliss-reactive ketones (excluding diaryl/α,β-unsaturated/α-hetero) is 1. The number of halogens is 3. The number of hydrogen-bond acceptors (Lipinski definition) is 3. The number of hydrogen-bond donors (Lipinski definition) is 0. The van der Waals surface area contributed by atoms with Crippen LogP contribution in [0.2, 0.25) is 0 Å². The lowest BCUT2D eigenvalue weighted by Gasteiger charge is -2.28. The van der Waals surface area contributed by atoms with Crippen molar-refractivity contribution in [3.63, 3.8) is 0 Å². The molecule has 2 heterocycles. The second-order valence-corrected chi connectivity index (χ2v) is 8.68. The predicted molar refractivity (Wildman–Crippen MR) is 136 cm³/mol. The molecule has 0 saturated heterocycles. The molecule has 0 N–H and O–H groups in total. The van der Waals surface area contributed by atoms with Crippen LogP contribution in [0, 0.1) is 11.6 Å². The van der Waals surface area contributed by atoms with Gasteiger partial charge in [0.1, 0.15) is 17.4 Å². The monoisotopic (exact) mass is 496 g/mol. The number of aromatic nitrogens is 1. The van der Waals surface area contributed by atoms with Crippen molar-refractivity contribution < 1.29 is 18.3 Å². The molecule has 0 atom stereocenters. The van der Waals surface area contributed by atoms with Gasteiger partial charge in [-0.2, -0.15) is 0 Å². The van der Waals surface area contributed by atoms with E-state index < -0.39 is 0 Å². The summed E-state index contributed by atoms with van der Waals surface area (Å²) in [5, 5.41) is 0.929. The van der Waals surface area contributed by atoms with Crippen LogP contribution in [0.4, 0.5) is 8.78 Å². The lowest BCUT2D eigenvalue weighted by Crippen LogP contribution is -2.32. The molecule has 0 bridgehead atoms. The standard InChI is InChI=1S/C28H26F2N2O2.ClH/c1-34-23-11-9-22(10-12-23)32-26-13-8-21(30)17-24(26)25-18-31(16-14-27(25)32)15-2-3-28(33)19-4-6-20(29)7-5-19;/h4-13,17H,2-3,14-16,18H2,1H3;1H. The summed E-state index contributed by atoms with van der Waals surface area (Å²) >= 11 is 0. The van der Waals surface area contributed by atoms with Gasteiger partial charge >= 0.3 is 0 Å². The second-order valence-electron chi connectivity index (χ2n) is 8.68. The van der Waals surface area contributed by atoms with Crippen molar-refractivity contribution in [2.45, 2.75) is 25.8 Å².